The lowest BCUT2D eigenvalue weighted by molar-refractivity contribution is -0.343. The summed E-state index contributed by atoms with van der Waals surface area (Å²) in [7, 11) is 2.36. The van der Waals surface area contributed by atoms with Gasteiger partial charge in [-0.25, -0.2) is 4.79 Å². The van der Waals surface area contributed by atoms with Gasteiger partial charge in [0.25, 0.3) is 0 Å². The zero-order valence-electron chi connectivity index (χ0n) is 44.1. The lowest BCUT2D eigenvalue weighted by Gasteiger charge is -2.52. The molecule has 1 amide bonds. The van der Waals surface area contributed by atoms with E-state index in [2.05, 4.69) is 45.0 Å². The molecule has 1 unspecified atom stereocenters. The number of nitrogens with zero attached hydrogens (tertiary/aromatic N) is 1. The van der Waals surface area contributed by atoms with Gasteiger partial charge in [-0.2, -0.15) is 0 Å². The van der Waals surface area contributed by atoms with Gasteiger partial charge in [-0.1, -0.05) is 39.7 Å². The van der Waals surface area contributed by atoms with Crippen molar-refractivity contribution in [1.82, 2.24) is 10.2 Å². The fourth-order valence-corrected chi connectivity index (χ4v) is 14.1. The van der Waals surface area contributed by atoms with E-state index in [1.54, 1.807) is 7.11 Å². The summed E-state index contributed by atoms with van der Waals surface area (Å²) in [6.07, 6.45) is 2.75. The molecule has 18 heteroatoms. The first-order valence-corrected chi connectivity index (χ1v) is 31.3. The second-order valence-electron chi connectivity index (χ2n) is 24.2. The highest BCUT2D eigenvalue weighted by molar-refractivity contribution is 6.76. The van der Waals surface area contributed by atoms with E-state index in [4.69, 9.17) is 52.1 Å². The van der Waals surface area contributed by atoms with E-state index in [1.807, 2.05) is 11.9 Å². The van der Waals surface area contributed by atoms with Gasteiger partial charge in [0, 0.05) is 85.2 Å². The second kappa shape index (κ2) is 23.8. The van der Waals surface area contributed by atoms with Crippen LogP contribution in [0.3, 0.4) is 0 Å². The minimum Gasteiger partial charge on any atom is -0.450 e. The quantitative estimate of drug-likeness (QED) is 0.0960. The third kappa shape index (κ3) is 13.4. The Hall–Kier alpha value is -1.88. The van der Waals surface area contributed by atoms with E-state index in [-0.39, 0.29) is 103 Å². The minimum absolute atomic E-state index is 0.00942. The van der Waals surface area contributed by atoms with Crippen LogP contribution in [0.25, 0.3) is 0 Å². The zero-order chi connectivity index (χ0) is 50.9. The van der Waals surface area contributed by atoms with Gasteiger partial charge < -0.3 is 72.5 Å². The fraction of sp³-hybridized carbons (Fsp3) is 0.889. The monoisotopic (exact) mass is 1030 g/mol. The number of Topliss-reactive ketones (excluding diaryl/α,β-unsaturated/α-hetero) is 1. The van der Waals surface area contributed by atoms with Crippen molar-refractivity contribution in [2.75, 3.05) is 66.8 Å². The summed E-state index contributed by atoms with van der Waals surface area (Å²) in [6, 6.07) is 0.930. The average molecular weight is 1030 g/mol. The number of carbonyl (C=O) groups excluding carboxylic acids is 2. The summed E-state index contributed by atoms with van der Waals surface area (Å²) in [6.45, 7) is 21.3. The topological polar surface area (TPSA) is 191 Å². The Kier molecular flexibility index (Phi) is 18.1. The van der Waals surface area contributed by atoms with Crippen molar-refractivity contribution in [2.45, 2.75) is 213 Å². The van der Waals surface area contributed by atoms with Crippen molar-refractivity contribution in [2.24, 2.45) is 23.7 Å². The normalized spacial score (nSPS) is 42.4. The Morgan fingerprint density at radius 1 is 0.819 bits per heavy atom. The van der Waals surface area contributed by atoms with Crippen LogP contribution in [0.4, 0.5) is 4.79 Å². The molecular formula is C54H88N2O15Si. The number of ether oxygens (including phenoxy) is 11. The number of nitrogens with one attached hydrogen (secondary N) is 1. The Balaban J connectivity index is 0.813. The van der Waals surface area contributed by atoms with Crippen molar-refractivity contribution >= 4 is 20.0 Å². The molecule has 3 N–H and O–H groups in total. The number of alkyl carbamates (subject to hydrolysis) is 1. The molecular weight excluding hydrogens is 945 g/mol. The van der Waals surface area contributed by atoms with Crippen LogP contribution >= 0.6 is 0 Å². The lowest BCUT2D eigenvalue weighted by atomic mass is 9.81. The number of carbonyl (C=O) groups is 2. The number of rotatable bonds is 17. The van der Waals surface area contributed by atoms with Crippen LogP contribution in [0.15, 0.2) is 24.3 Å². The third-order valence-corrected chi connectivity index (χ3v) is 19.1. The molecule has 17 nitrogen and oxygen atoms in total. The molecule has 1 saturated carbocycles. The molecule has 10 rings (SSSR count). The van der Waals surface area contributed by atoms with Gasteiger partial charge in [0.2, 0.25) is 0 Å². The van der Waals surface area contributed by atoms with E-state index in [9.17, 15) is 19.8 Å². The highest BCUT2D eigenvalue weighted by atomic mass is 28.3. The summed E-state index contributed by atoms with van der Waals surface area (Å²) < 4.78 is 70.4. The van der Waals surface area contributed by atoms with Crippen LogP contribution in [0.1, 0.15) is 90.4 Å². The number of fused-ring (bicyclic) bond motifs is 6. The molecule has 10 fully saturated rings. The van der Waals surface area contributed by atoms with Gasteiger partial charge in [0.15, 0.2) is 5.79 Å². The molecule has 13 bridgehead atoms. The molecule has 1 aliphatic carbocycles. The van der Waals surface area contributed by atoms with Gasteiger partial charge >= 0.3 is 6.09 Å². The number of aliphatic hydroxyl groups is 2. The predicted molar refractivity (Wildman–Crippen MR) is 268 cm³/mol. The van der Waals surface area contributed by atoms with Crippen LogP contribution in [0.2, 0.25) is 25.7 Å². The first kappa shape index (κ1) is 54.9. The largest absolute Gasteiger partial charge is 0.450 e. The maximum Gasteiger partial charge on any atom is 0.407 e. The summed E-state index contributed by atoms with van der Waals surface area (Å²) in [5, 5.41) is 26.6. The smallest absolute Gasteiger partial charge is 0.407 e. The van der Waals surface area contributed by atoms with Crippen molar-refractivity contribution in [3.63, 3.8) is 0 Å². The molecule has 0 spiro atoms. The number of hydrogen-bond donors (Lipinski definition) is 3. The molecule has 0 radical (unpaired) electrons. The molecule has 0 aromatic rings. The molecule has 72 heavy (non-hydrogen) atoms. The molecule has 10 aliphatic rings. The van der Waals surface area contributed by atoms with Crippen molar-refractivity contribution in [1.29, 1.82) is 0 Å². The summed E-state index contributed by atoms with van der Waals surface area (Å²) in [4.78, 5) is 28.4. The van der Waals surface area contributed by atoms with Crippen LogP contribution in [0.5, 0.6) is 0 Å². The molecule has 9 heterocycles. The van der Waals surface area contributed by atoms with Crippen LogP contribution in [-0.4, -0.2) is 199 Å². The first-order chi connectivity index (χ1) is 34.4. The Morgan fingerprint density at radius 2 is 1.58 bits per heavy atom. The third-order valence-electron chi connectivity index (χ3n) is 17.4. The van der Waals surface area contributed by atoms with Crippen molar-refractivity contribution in [3.05, 3.63) is 24.3 Å². The van der Waals surface area contributed by atoms with E-state index in [0.29, 0.717) is 91.2 Å². The summed E-state index contributed by atoms with van der Waals surface area (Å²) in [5.41, 5.74) is 2.12. The number of methoxy groups -OCH3 is 1. The predicted octanol–water partition coefficient (Wildman–Crippen LogP) is 5.35. The number of hydrogen-bond acceptors (Lipinski definition) is 16. The highest BCUT2D eigenvalue weighted by Crippen LogP contribution is 2.62. The Morgan fingerprint density at radius 3 is 2.38 bits per heavy atom. The van der Waals surface area contributed by atoms with Gasteiger partial charge in [-0.15, -0.1) is 0 Å². The molecule has 20 atom stereocenters. The van der Waals surface area contributed by atoms with Crippen molar-refractivity contribution < 1.29 is 71.9 Å². The lowest BCUT2D eigenvalue weighted by Crippen LogP contribution is -2.64. The Labute approximate surface area is 429 Å². The molecule has 9 aliphatic heterocycles. The summed E-state index contributed by atoms with van der Waals surface area (Å²) in [5.74, 6) is -0.897. The SMILES string of the molecule is C=C1C[C@@H]2CC[C@@]3(O)C[C@H]4C5O[C@H]6[C@@H](O3)[C@H]3O[C@H](CC[C@@H]3O[C@H]6[C@@H]54)CC(=O)C[C@@H]3[C@@H](OC)[C@@H](C[C@H](O)CN(C)CCOCCOCCNC(=O)OCC[Si](C)(C)C)O[C@H]3C[C@H]3O[C@@H](CC[C@@H]1O2)C[C@@H](C)C3=C. The van der Waals surface area contributed by atoms with Gasteiger partial charge in [0.05, 0.1) is 106 Å². The van der Waals surface area contributed by atoms with E-state index >= 15 is 0 Å². The number of amides is 1. The second-order valence-corrected chi connectivity index (χ2v) is 29.8. The first-order valence-electron chi connectivity index (χ1n) is 27.6. The average Bonchev–Trinajstić information content (AvgIpc) is 3.54. The fourth-order valence-electron chi connectivity index (χ4n) is 13.3. The zero-order valence-corrected chi connectivity index (χ0v) is 45.1. The summed E-state index contributed by atoms with van der Waals surface area (Å²) >= 11 is 0. The highest BCUT2D eigenvalue weighted by Gasteiger charge is 2.72. The molecule has 9 saturated heterocycles. The standard InChI is InChI=1S/C54H88N2O15Si/c1-31-23-36-9-11-41-32(2)24-38(65-41)13-14-54(60)29-40-46-48(40)70-51-50(46)69-42-12-10-37(67-49(42)52(51)71-54)25-34(57)26-39-44(28-43(66-36)33(31)3)68-45(47(39)61-5)27-35(58)30-56(4)16-18-63-20-19-62-17-15-55-53(59)64-21-22-72(6,7)8/h31,35-52,58,60H,2-3,9-30H2,1,4-8H3,(H,55,59)/t31-,35+,36+,37-,38+,39+,40-,41+,42+,43-,44+,45-,46-,47-,48?,49+,50+,51-,52+,54+/m1/s1. The number of likely N-dealkylation sites (N-methyl/N-ethyl adjacent to an activating group) is 1. The minimum atomic E-state index is -1.35. The van der Waals surface area contributed by atoms with Crippen molar-refractivity contribution in [3.8, 4) is 0 Å². The number of ketones is 1. The van der Waals surface area contributed by atoms with Crippen LogP contribution < -0.4 is 5.32 Å². The van der Waals surface area contributed by atoms with Gasteiger partial charge in [-0.3, -0.25) is 4.79 Å². The number of aliphatic hydroxyl groups excluding tert-OH is 1. The van der Waals surface area contributed by atoms with Crippen LogP contribution in [0, 0.1) is 23.7 Å². The van der Waals surface area contributed by atoms with Gasteiger partial charge in [0.1, 0.15) is 24.1 Å². The maximum atomic E-state index is 14.4. The van der Waals surface area contributed by atoms with Gasteiger partial charge in [-0.05, 0) is 81.0 Å². The molecule has 0 aromatic heterocycles. The Bertz CT molecular complexity index is 1870. The maximum absolute atomic E-state index is 14.4. The van der Waals surface area contributed by atoms with Crippen LogP contribution in [-0.2, 0) is 56.9 Å². The molecule has 0 aromatic carbocycles. The van der Waals surface area contributed by atoms with E-state index in [1.165, 1.54) is 0 Å². The van der Waals surface area contributed by atoms with E-state index < -0.39 is 50.5 Å². The van der Waals surface area contributed by atoms with E-state index in [0.717, 1.165) is 49.3 Å². The molecule has 408 valence electrons.